The molecule has 2 aromatic rings. The van der Waals surface area contributed by atoms with Crippen LogP contribution in [-0.4, -0.2) is 18.4 Å². The number of hydrogen-bond donors (Lipinski definition) is 0. The first-order valence-electron chi connectivity index (χ1n) is 15.2. The van der Waals surface area contributed by atoms with Gasteiger partial charge in [0.25, 0.3) is 0 Å². The zero-order valence-electron chi connectivity index (χ0n) is 25.6. The second kappa shape index (κ2) is 11.9. The zero-order chi connectivity index (χ0) is 28.1. The number of anilines is 1. The minimum absolute atomic E-state index is 0. The van der Waals surface area contributed by atoms with E-state index >= 15 is 0 Å². The van der Waals surface area contributed by atoms with Crippen LogP contribution in [0.15, 0.2) is 42.5 Å². The normalized spacial score (nSPS) is 29.4. The molecule has 1 saturated heterocycles. The van der Waals surface area contributed by atoms with Gasteiger partial charge in [-0.2, -0.15) is 6.92 Å². The maximum Gasteiger partial charge on any atom is 0.115 e. The van der Waals surface area contributed by atoms with Crippen molar-refractivity contribution in [3.8, 4) is 5.75 Å². The minimum atomic E-state index is -0.173. The van der Waals surface area contributed by atoms with Crippen LogP contribution >= 0.6 is 0 Å². The number of ether oxygens (including phenoxy) is 1. The molecule has 2 aromatic carbocycles. The SMILES string of the molecule is CC(C)c1cccc(C(C)C)c1N1[CH-]C2(CC1(C)C)C1CC3CC(C1)CC2C3.[Au].[CH2-]C(=O)c1ccc(OC)cc1. The van der Waals surface area contributed by atoms with Gasteiger partial charge in [0, 0.05) is 39.4 Å². The molecule has 4 heteroatoms. The number of methoxy groups -OCH3 is 1. The van der Waals surface area contributed by atoms with Crippen molar-refractivity contribution in [1.29, 1.82) is 0 Å². The number of Topliss-reactive ketones (excluding diaryl/α,β-unsaturated/α-hetero) is 1. The van der Waals surface area contributed by atoms with Crippen LogP contribution in [0.5, 0.6) is 5.75 Å². The topological polar surface area (TPSA) is 29.5 Å². The molecule has 4 aliphatic carbocycles. The molecule has 0 N–H and O–H groups in total. The molecule has 1 heterocycles. The summed E-state index contributed by atoms with van der Waals surface area (Å²) in [6, 6.07) is 13.9. The summed E-state index contributed by atoms with van der Waals surface area (Å²) in [6.07, 6.45) is 8.95. The van der Waals surface area contributed by atoms with E-state index in [1.165, 1.54) is 43.2 Å². The molecule has 1 radical (unpaired) electrons. The second-order valence-electron chi connectivity index (χ2n) is 14.2. The van der Waals surface area contributed by atoms with Crippen LogP contribution < -0.4 is 9.64 Å². The van der Waals surface area contributed by atoms with E-state index in [1.54, 1.807) is 43.5 Å². The van der Waals surface area contributed by atoms with E-state index in [-0.39, 0.29) is 33.7 Å². The summed E-state index contributed by atoms with van der Waals surface area (Å²) >= 11 is 0. The molecule has 7 rings (SSSR count). The molecule has 5 aliphatic rings. The average molecular weight is 725 g/mol. The van der Waals surface area contributed by atoms with Crippen LogP contribution in [0.1, 0.15) is 113 Å². The third-order valence-corrected chi connectivity index (χ3v) is 10.4. The Hall–Kier alpha value is -1.68. The van der Waals surface area contributed by atoms with E-state index in [1.807, 2.05) is 0 Å². The molecule has 0 aromatic heterocycles. The van der Waals surface area contributed by atoms with Crippen molar-refractivity contribution in [3.05, 3.63) is 72.6 Å². The number of carbonyl (C=O) groups excluding carboxylic acids is 1. The van der Waals surface area contributed by atoms with Crippen molar-refractivity contribution in [2.24, 2.45) is 29.1 Å². The number of rotatable bonds is 5. The first-order chi connectivity index (χ1) is 18.4. The third-order valence-electron chi connectivity index (χ3n) is 10.4. The number of nitrogens with zero attached hydrogens (tertiary/aromatic N) is 1. The maximum absolute atomic E-state index is 10.7. The van der Waals surface area contributed by atoms with Crippen LogP contribution in [0.3, 0.4) is 0 Å². The molecule has 1 aliphatic heterocycles. The number of carbonyl (C=O) groups is 1. The molecule has 1 spiro atoms. The quantitative estimate of drug-likeness (QED) is 0.175. The molecule has 40 heavy (non-hydrogen) atoms. The van der Waals surface area contributed by atoms with Gasteiger partial charge < -0.3 is 14.4 Å². The van der Waals surface area contributed by atoms with Gasteiger partial charge in [0.15, 0.2) is 0 Å². The number of benzene rings is 2. The minimum Gasteiger partial charge on any atom is -0.517 e. The van der Waals surface area contributed by atoms with Gasteiger partial charge in [0.05, 0.1) is 7.11 Å². The van der Waals surface area contributed by atoms with E-state index < -0.39 is 0 Å². The molecular formula is C36H49AuNO2-2. The van der Waals surface area contributed by atoms with Gasteiger partial charge >= 0.3 is 0 Å². The zero-order valence-corrected chi connectivity index (χ0v) is 27.8. The van der Waals surface area contributed by atoms with E-state index in [0.717, 1.165) is 29.4 Å². The first-order valence-corrected chi connectivity index (χ1v) is 15.2. The maximum atomic E-state index is 10.7. The molecule has 4 bridgehead atoms. The Morgan fingerprint density at radius 3 is 1.82 bits per heavy atom. The summed E-state index contributed by atoms with van der Waals surface area (Å²) in [5.74, 6) is 5.69. The van der Waals surface area contributed by atoms with E-state index in [2.05, 4.69) is 78.1 Å². The summed E-state index contributed by atoms with van der Waals surface area (Å²) in [4.78, 5) is 13.5. The van der Waals surface area contributed by atoms with Crippen LogP contribution in [0.4, 0.5) is 5.69 Å². The fraction of sp³-hybridized carbons (Fsp3) is 0.583. The second-order valence-corrected chi connectivity index (χ2v) is 14.2. The Morgan fingerprint density at radius 2 is 1.40 bits per heavy atom. The van der Waals surface area contributed by atoms with Gasteiger partial charge in [-0.3, -0.25) is 0 Å². The van der Waals surface area contributed by atoms with Crippen molar-refractivity contribution in [3.63, 3.8) is 0 Å². The molecule has 5 fully saturated rings. The molecule has 3 nitrogen and oxygen atoms in total. The summed E-state index contributed by atoms with van der Waals surface area (Å²) in [6.45, 7) is 20.6. The molecule has 0 unspecified atom stereocenters. The van der Waals surface area contributed by atoms with Crippen molar-refractivity contribution in [2.45, 2.75) is 97.4 Å². The van der Waals surface area contributed by atoms with Crippen LogP contribution in [0.25, 0.3) is 0 Å². The standard InChI is InChI=1S/C27H40N.C9H9O2.Au/c1-17(2)23-8-7-9-24(18(3)4)25(23)28-16-27(15-26(28,5)6)21-11-19-10-20(13-21)14-22(27)12-19;1-7(10)8-3-5-9(11-2)6-4-8;/h7-9,16-22H,10-15H2,1-6H3;3-6H,1H2,2H3;/q2*-1;. The van der Waals surface area contributed by atoms with Crippen molar-refractivity contribution in [1.82, 2.24) is 0 Å². The Balaban J connectivity index is 0.000000262. The Kier molecular flexibility index (Phi) is 9.30. The van der Waals surface area contributed by atoms with Gasteiger partial charge in [-0.1, -0.05) is 64.2 Å². The molecule has 0 atom stereocenters. The first kappa shape index (κ1) is 31.3. The summed E-state index contributed by atoms with van der Waals surface area (Å²) in [7, 11) is 1.58. The smallest absolute Gasteiger partial charge is 0.115 e. The van der Waals surface area contributed by atoms with Gasteiger partial charge in [0.2, 0.25) is 0 Å². The Bertz CT molecular complexity index is 1130. The van der Waals surface area contributed by atoms with Gasteiger partial charge in [-0.05, 0) is 92.9 Å². The number of para-hydroxylation sites is 1. The van der Waals surface area contributed by atoms with Crippen molar-refractivity contribution >= 4 is 11.5 Å². The molecule has 4 saturated carbocycles. The van der Waals surface area contributed by atoms with Crippen molar-refractivity contribution in [2.75, 3.05) is 12.0 Å². The molecule has 0 amide bonds. The predicted molar refractivity (Wildman–Crippen MR) is 162 cm³/mol. The fourth-order valence-corrected chi connectivity index (χ4v) is 8.79. The van der Waals surface area contributed by atoms with Gasteiger partial charge in [-0.15, -0.1) is 23.1 Å². The number of hydrogen-bond acceptors (Lipinski definition) is 3. The third kappa shape index (κ3) is 5.68. The Morgan fingerprint density at radius 1 is 0.900 bits per heavy atom. The van der Waals surface area contributed by atoms with Crippen LogP contribution in [0, 0.1) is 42.6 Å². The summed E-state index contributed by atoms with van der Waals surface area (Å²) < 4.78 is 4.92. The molecule has 223 valence electrons. The van der Waals surface area contributed by atoms with Gasteiger partial charge in [-0.25, -0.2) is 6.54 Å². The monoisotopic (exact) mass is 724 g/mol. The van der Waals surface area contributed by atoms with Crippen LogP contribution in [0.2, 0.25) is 0 Å². The summed E-state index contributed by atoms with van der Waals surface area (Å²) in [5.41, 5.74) is 5.90. The fourth-order valence-electron chi connectivity index (χ4n) is 8.79. The number of ketones is 1. The van der Waals surface area contributed by atoms with Crippen LogP contribution in [-0.2, 0) is 22.4 Å². The van der Waals surface area contributed by atoms with Gasteiger partial charge in [0.1, 0.15) is 5.75 Å². The van der Waals surface area contributed by atoms with Crippen molar-refractivity contribution < 1.29 is 31.9 Å². The van der Waals surface area contributed by atoms with E-state index in [4.69, 9.17) is 4.74 Å². The van der Waals surface area contributed by atoms with E-state index in [9.17, 15) is 4.79 Å². The molecular weight excluding hydrogens is 675 g/mol. The Labute approximate surface area is 259 Å². The predicted octanol–water partition coefficient (Wildman–Crippen LogP) is 9.24. The van der Waals surface area contributed by atoms with E-state index in [0.29, 0.717) is 22.8 Å². The average Bonchev–Trinajstić information content (AvgIpc) is 3.18. The largest absolute Gasteiger partial charge is 0.517 e. The summed E-state index contributed by atoms with van der Waals surface area (Å²) in [5, 5.41) is 0.